The summed E-state index contributed by atoms with van der Waals surface area (Å²) in [6.45, 7) is 2.97. The first-order chi connectivity index (χ1) is 8.31. The number of hydrogen-bond donors (Lipinski definition) is 0. The van der Waals surface area contributed by atoms with Gasteiger partial charge in [0.15, 0.2) is 0 Å². The largest absolute Gasteiger partial charge is 0.469 e. The summed E-state index contributed by atoms with van der Waals surface area (Å²) < 4.78 is 4.91. The fourth-order valence-electron chi connectivity index (χ4n) is 2.37. The van der Waals surface area contributed by atoms with Gasteiger partial charge in [0, 0.05) is 6.54 Å². The van der Waals surface area contributed by atoms with Crippen LogP contribution in [0.4, 0.5) is 0 Å². The quantitative estimate of drug-likeness (QED) is 0.745. The minimum Gasteiger partial charge on any atom is -0.469 e. The molecule has 1 aliphatic rings. The van der Waals surface area contributed by atoms with Crippen LogP contribution in [0.3, 0.4) is 0 Å². The molecule has 0 aromatic heterocycles. The van der Waals surface area contributed by atoms with E-state index in [0.717, 1.165) is 25.2 Å². The van der Waals surface area contributed by atoms with Crippen LogP contribution in [0.25, 0.3) is 0 Å². The van der Waals surface area contributed by atoms with Crippen LogP contribution in [0.15, 0.2) is 30.3 Å². The van der Waals surface area contributed by atoms with Crippen molar-refractivity contribution in [1.29, 1.82) is 0 Å². The van der Waals surface area contributed by atoms with E-state index < -0.39 is 0 Å². The third kappa shape index (κ3) is 3.07. The van der Waals surface area contributed by atoms with Gasteiger partial charge >= 0.3 is 5.97 Å². The molecule has 1 atom stereocenters. The van der Waals surface area contributed by atoms with Crippen molar-refractivity contribution in [2.75, 3.05) is 26.7 Å². The molecule has 0 unspecified atom stereocenters. The number of nitrogens with zero attached hydrogens (tertiary/aromatic N) is 1. The van der Waals surface area contributed by atoms with Crippen LogP contribution in [-0.4, -0.2) is 37.6 Å². The second-order valence-corrected chi connectivity index (χ2v) is 4.49. The minimum atomic E-state index is -0.153. The standard InChI is InChI=1S/C14H19NO2/c1-17-14(16)13(11-15-9-5-6-10-15)12-7-3-2-4-8-12/h2-4,7-8,13H,5-6,9-11H2,1H3/t13-/m1/s1. The molecule has 0 aliphatic carbocycles. The van der Waals surface area contributed by atoms with Crippen LogP contribution in [0.1, 0.15) is 24.3 Å². The van der Waals surface area contributed by atoms with E-state index in [1.807, 2.05) is 30.3 Å². The number of carbonyl (C=O) groups excluding carboxylic acids is 1. The molecule has 1 saturated heterocycles. The molecule has 3 nitrogen and oxygen atoms in total. The highest BCUT2D eigenvalue weighted by molar-refractivity contribution is 5.78. The smallest absolute Gasteiger partial charge is 0.314 e. The van der Waals surface area contributed by atoms with Gasteiger partial charge in [0.05, 0.1) is 13.0 Å². The Morgan fingerprint density at radius 1 is 1.29 bits per heavy atom. The normalized spacial score (nSPS) is 17.9. The van der Waals surface area contributed by atoms with Crippen LogP contribution >= 0.6 is 0 Å². The predicted octanol–water partition coefficient (Wildman–Crippen LogP) is 2.04. The van der Waals surface area contributed by atoms with Gasteiger partial charge in [-0.05, 0) is 31.5 Å². The maximum atomic E-state index is 11.9. The first-order valence-corrected chi connectivity index (χ1v) is 6.16. The lowest BCUT2D eigenvalue weighted by Crippen LogP contribution is -2.30. The fourth-order valence-corrected chi connectivity index (χ4v) is 2.37. The van der Waals surface area contributed by atoms with Gasteiger partial charge in [-0.2, -0.15) is 0 Å². The molecule has 0 N–H and O–H groups in total. The molecule has 0 spiro atoms. The van der Waals surface area contributed by atoms with Crippen LogP contribution in [0.2, 0.25) is 0 Å². The molecule has 17 heavy (non-hydrogen) atoms. The summed E-state index contributed by atoms with van der Waals surface area (Å²) in [5.41, 5.74) is 1.05. The first-order valence-electron chi connectivity index (χ1n) is 6.16. The number of hydrogen-bond acceptors (Lipinski definition) is 3. The predicted molar refractivity (Wildman–Crippen MR) is 66.9 cm³/mol. The van der Waals surface area contributed by atoms with E-state index in [1.165, 1.54) is 20.0 Å². The summed E-state index contributed by atoms with van der Waals surface area (Å²) >= 11 is 0. The Morgan fingerprint density at radius 2 is 1.94 bits per heavy atom. The molecule has 0 radical (unpaired) electrons. The lowest BCUT2D eigenvalue weighted by Gasteiger charge is -2.21. The Labute approximate surface area is 102 Å². The Morgan fingerprint density at radius 3 is 2.53 bits per heavy atom. The van der Waals surface area contributed by atoms with Crippen molar-refractivity contribution in [3.05, 3.63) is 35.9 Å². The highest BCUT2D eigenvalue weighted by Gasteiger charge is 2.25. The van der Waals surface area contributed by atoms with Gasteiger partial charge in [0.1, 0.15) is 0 Å². The maximum absolute atomic E-state index is 11.9. The maximum Gasteiger partial charge on any atom is 0.314 e. The number of likely N-dealkylation sites (tertiary alicyclic amines) is 1. The highest BCUT2D eigenvalue weighted by Crippen LogP contribution is 2.20. The number of ether oxygens (including phenoxy) is 1. The summed E-state index contributed by atoms with van der Waals surface area (Å²) in [4.78, 5) is 14.2. The molecule has 1 aromatic rings. The second-order valence-electron chi connectivity index (χ2n) is 4.49. The van der Waals surface area contributed by atoms with E-state index in [4.69, 9.17) is 4.74 Å². The van der Waals surface area contributed by atoms with Crippen LogP contribution < -0.4 is 0 Å². The van der Waals surface area contributed by atoms with Crippen molar-refractivity contribution in [1.82, 2.24) is 4.90 Å². The zero-order valence-corrected chi connectivity index (χ0v) is 10.3. The number of rotatable bonds is 4. The average molecular weight is 233 g/mol. The van der Waals surface area contributed by atoms with E-state index in [0.29, 0.717) is 0 Å². The van der Waals surface area contributed by atoms with Gasteiger partial charge in [-0.3, -0.25) is 4.79 Å². The van der Waals surface area contributed by atoms with Gasteiger partial charge in [0.2, 0.25) is 0 Å². The number of esters is 1. The zero-order valence-electron chi connectivity index (χ0n) is 10.3. The minimum absolute atomic E-state index is 0.136. The van der Waals surface area contributed by atoms with Gasteiger partial charge in [-0.25, -0.2) is 0 Å². The Bertz CT molecular complexity index is 358. The highest BCUT2D eigenvalue weighted by atomic mass is 16.5. The molecule has 0 saturated carbocycles. The van der Waals surface area contributed by atoms with E-state index in [-0.39, 0.29) is 11.9 Å². The van der Waals surface area contributed by atoms with Crippen LogP contribution in [0.5, 0.6) is 0 Å². The van der Waals surface area contributed by atoms with Crippen molar-refractivity contribution in [3.8, 4) is 0 Å². The summed E-state index contributed by atoms with van der Waals surface area (Å²) in [7, 11) is 1.46. The van der Waals surface area contributed by atoms with Crippen LogP contribution in [0, 0.1) is 0 Å². The van der Waals surface area contributed by atoms with Gasteiger partial charge in [-0.15, -0.1) is 0 Å². The molecule has 1 heterocycles. The molecule has 3 heteroatoms. The molecule has 1 aliphatic heterocycles. The lowest BCUT2D eigenvalue weighted by molar-refractivity contribution is -0.142. The summed E-state index contributed by atoms with van der Waals surface area (Å²) in [6, 6.07) is 9.90. The van der Waals surface area contributed by atoms with E-state index >= 15 is 0 Å². The second kappa shape index (κ2) is 5.82. The van der Waals surface area contributed by atoms with Crippen molar-refractivity contribution in [3.63, 3.8) is 0 Å². The molecule has 2 rings (SSSR count). The van der Waals surface area contributed by atoms with Crippen molar-refractivity contribution in [2.45, 2.75) is 18.8 Å². The van der Waals surface area contributed by atoms with E-state index in [1.54, 1.807) is 0 Å². The summed E-state index contributed by atoms with van der Waals surface area (Å²) in [6.07, 6.45) is 2.48. The third-order valence-corrected chi connectivity index (χ3v) is 3.33. The zero-order chi connectivity index (χ0) is 12.1. The number of benzene rings is 1. The molecular formula is C14H19NO2. The fraction of sp³-hybridized carbons (Fsp3) is 0.500. The SMILES string of the molecule is COC(=O)[C@H](CN1CCCC1)c1ccccc1. The van der Waals surface area contributed by atoms with E-state index in [2.05, 4.69) is 4.90 Å². The van der Waals surface area contributed by atoms with E-state index in [9.17, 15) is 4.79 Å². The molecule has 0 bridgehead atoms. The van der Waals surface area contributed by atoms with Gasteiger partial charge in [-0.1, -0.05) is 30.3 Å². The average Bonchev–Trinajstić information content (AvgIpc) is 2.89. The van der Waals surface area contributed by atoms with Crippen LogP contribution in [-0.2, 0) is 9.53 Å². The molecule has 92 valence electrons. The Kier molecular flexibility index (Phi) is 4.15. The topological polar surface area (TPSA) is 29.5 Å². The van der Waals surface area contributed by atoms with Gasteiger partial charge in [0.25, 0.3) is 0 Å². The number of carbonyl (C=O) groups is 1. The molecule has 1 fully saturated rings. The van der Waals surface area contributed by atoms with Crippen molar-refractivity contribution in [2.24, 2.45) is 0 Å². The van der Waals surface area contributed by atoms with Crippen molar-refractivity contribution < 1.29 is 9.53 Å². The van der Waals surface area contributed by atoms with Gasteiger partial charge < -0.3 is 9.64 Å². The molecular weight excluding hydrogens is 214 g/mol. The number of methoxy groups -OCH3 is 1. The van der Waals surface area contributed by atoms with Crippen molar-refractivity contribution >= 4 is 5.97 Å². The molecule has 1 aromatic carbocycles. The Hall–Kier alpha value is -1.35. The molecule has 0 amide bonds. The monoisotopic (exact) mass is 233 g/mol. The first kappa shape index (κ1) is 12.1. The summed E-state index contributed by atoms with van der Waals surface area (Å²) in [5.74, 6) is -0.289. The Balaban J connectivity index is 2.10. The summed E-state index contributed by atoms with van der Waals surface area (Å²) in [5, 5.41) is 0. The third-order valence-electron chi connectivity index (χ3n) is 3.33. The lowest BCUT2D eigenvalue weighted by atomic mass is 9.99.